The lowest BCUT2D eigenvalue weighted by molar-refractivity contribution is -0.142. The van der Waals surface area contributed by atoms with Crippen molar-refractivity contribution in [3.63, 3.8) is 0 Å². The van der Waals surface area contributed by atoms with Crippen LogP contribution < -0.4 is 5.56 Å². The molecule has 0 amide bonds. The summed E-state index contributed by atoms with van der Waals surface area (Å²) in [6.45, 7) is 2.08. The molecule has 1 saturated carbocycles. The summed E-state index contributed by atoms with van der Waals surface area (Å²) in [7, 11) is 1.68. The molecule has 1 heterocycles. The lowest BCUT2D eigenvalue weighted by atomic mass is 9.78. The third kappa shape index (κ3) is 5.53. The highest BCUT2D eigenvalue weighted by molar-refractivity contribution is 6.00. The number of pyridine rings is 1. The Balaban J connectivity index is 1.62. The molecule has 0 radical (unpaired) electrons. The molecule has 0 unspecified atom stereocenters. The first-order valence-electron chi connectivity index (χ1n) is 12.1. The van der Waals surface area contributed by atoms with Crippen LogP contribution in [0.1, 0.15) is 71.8 Å². The number of carboxylic acid groups (broad SMARTS) is 1. The van der Waals surface area contributed by atoms with Crippen molar-refractivity contribution in [3.8, 4) is 0 Å². The molecule has 0 aliphatic heterocycles. The summed E-state index contributed by atoms with van der Waals surface area (Å²) in [6.07, 6.45) is 5.41. The van der Waals surface area contributed by atoms with Gasteiger partial charge in [0.2, 0.25) is 5.56 Å². The van der Waals surface area contributed by atoms with Crippen LogP contribution in [0.4, 0.5) is 0 Å². The largest absolute Gasteiger partial charge is 0.481 e. The lowest BCUT2D eigenvalue weighted by Gasteiger charge is -2.27. The van der Waals surface area contributed by atoms with Crippen molar-refractivity contribution < 1.29 is 15.1 Å². The number of aryl methyl sites for hydroxylation is 2. The molecular formula is C29H32N2O4. The van der Waals surface area contributed by atoms with Gasteiger partial charge in [0.25, 0.3) is 0 Å². The van der Waals surface area contributed by atoms with E-state index in [2.05, 4.69) is 48.5 Å². The number of carbonyl (C=O) groups is 1. The van der Waals surface area contributed by atoms with E-state index in [-0.39, 0.29) is 17.4 Å². The van der Waals surface area contributed by atoms with Crippen LogP contribution in [-0.2, 0) is 11.8 Å². The van der Waals surface area contributed by atoms with E-state index in [0.29, 0.717) is 23.6 Å². The van der Waals surface area contributed by atoms with E-state index in [0.717, 1.165) is 42.4 Å². The monoisotopic (exact) mass is 472 g/mol. The molecule has 2 N–H and O–H groups in total. The smallest absolute Gasteiger partial charge is 0.306 e. The second-order valence-corrected chi connectivity index (χ2v) is 9.58. The van der Waals surface area contributed by atoms with Gasteiger partial charge in [-0.15, -0.1) is 0 Å². The molecule has 1 atom stereocenters. The first-order chi connectivity index (χ1) is 16.9. The first-order valence-corrected chi connectivity index (χ1v) is 12.1. The van der Waals surface area contributed by atoms with Crippen molar-refractivity contribution in [1.82, 2.24) is 4.57 Å². The average Bonchev–Trinajstić information content (AvgIpc) is 2.87. The second-order valence-electron chi connectivity index (χ2n) is 9.58. The fraction of sp³-hybridized carbons (Fsp3) is 0.345. The number of hydrogen-bond acceptors (Lipinski definition) is 4. The van der Waals surface area contributed by atoms with Gasteiger partial charge in [-0.1, -0.05) is 53.7 Å². The maximum absolute atomic E-state index is 11.8. The van der Waals surface area contributed by atoms with Crippen LogP contribution in [0.15, 0.2) is 76.8 Å². The summed E-state index contributed by atoms with van der Waals surface area (Å²) in [6, 6.07) is 20.0. The van der Waals surface area contributed by atoms with Crippen LogP contribution >= 0.6 is 0 Å². The summed E-state index contributed by atoms with van der Waals surface area (Å²) in [5, 5.41) is 22.8. The summed E-state index contributed by atoms with van der Waals surface area (Å²) in [5.41, 5.74) is 5.79. The van der Waals surface area contributed by atoms with Crippen LogP contribution in [0.2, 0.25) is 0 Å². The van der Waals surface area contributed by atoms with Crippen molar-refractivity contribution >= 4 is 11.7 Å². The zero-order chi connectivity index (χ0) is 24.9. The van der Waals surface area contributed by atoms with Crippen molar-refractivity contribution in [2.75, 3.05) is 0 Å². The number of nitrogens with zero attached hydrogens (tertiary/aromatic N) is 2. The Hall–Kier alpha value is -3.67. The van der Waals surface area contributed by atoms with Crippen molar-refractivity contribution in [3.05, 3.63) is 105 Å². The fourth-order valence-electron chi connectivity index (χ4n) is 5.23. The van der Waals surface area contributed by atoms with Gasteiger partial charge in [0, 0.05) is 37.2 Å². The number of rotatable bonds is 7. The van der Waals surface area contributed by atoms with Gasteiger partial charge in [0.15, 0.2) is 0 Å². The van der Waals surface area contributed by atoms with Gasteiger partial charge in [0.05, 0.1) is 11.6 Å². The van der Waals surface area contributed by atoms with E-state index in [1.807, 2.05) is 12.1 Å². The second kappa shape index (κ2) is 10.7. The van der Waals surface area contributed by atoms with Crippen molar-refractivity contribution in [2.45, 2.75) is 50.9 Å². The van der Waals surface area contributed by atoms with Crippen LogP contribution in [0.5, 0.6) is 0 Å². The Morgan fingerprint density at radius 1 is 1.03 bits per heavy atom. The molecule has 1 fully saturated rings. The van der Waals surface area contributed by atoms with Crippen molar-refractivity contribution in [1.29, 1.82) is 0 Å². The standard InChI is InChI=1S/C29H32N2O4/c1-19-5-3-4-6-25(19)26(17-27(30-35)24-15-16-28(32)31(2)18-24)22-11-7-20(8-12-22)21-9-13-23(14-10-21)29(33)34/h3-8,11-12,15-16,18,21,23,26,35H,9-10,13-14,17H2,1-2H3,(H,33,34)/t21-,23+,26-/m0/s1. The normalized spacial score (nSPS) is 19.3. The molecule has 1 aliphatic carbocycles. The molecule has 4 rings (SSSR count). The minimum Gasteiger partial charge on any atom is -0.481 e. The maximum Gasteiger partial charge on any atom is 0.306 e. The number of aliphatic carboxylic acids is 1. The minimum atomic E-state index is -0.681. The van der Waals surface area contributed by atoms with Crippen molar-refractivity contribution in [2.24, 2.45) is 18.1 Å². The molecule has 3 aromatic rings. The molecular weight excluding hydrogens is 440 g/mol. The van der Waals surface area contributed by atoms with E-state index >= 15 is 0 Å². The molecule has 0 bridgehead atoms. The van der Waals surface area contributed by atoms with Crippen LogP contribution in [-0.4, -0.2) is 26.6 Å². The number of aromatic nitrogens is 1. The number of benzene rings is 2. The minimum absolute atomic E-state index is 0.0314. The predicted octanol–water partition coefficient (Wildman–Crippen LogP) is 5.45. The summed E-state index contributed by atoms with van der Waals surface area (Å²) in [4.78, 5) is 23.1. The van der Waals surface area contributed by atoms with Crippen LogP contribution in [0.25, 0.3) is 0 Å². The van der Waals surface area contributed by atoms with Crippen LogP contribution in [0, 0.1) is 12.8 Å². The van der Waals surface area contributed by atoms with Gasteiger partial charge >= 0.3 is 5.97 Å². The van der Waals surface area contributed by atoms with E-state index in [4.69, 9.17) is 0 Å². The Morgan fingerprint density at radius 2 is 1.71 bits per heavy atom. The fourth-order valence-corrected chi connectivity index (χ4v) is 5.23. The molecule has 6 nitrogen and oxygen atoms in total. The zero-order valence-corrected chi connectivity index (χ0v) is 20.2. The van der Waals surface area contributed by atoms with Gasteiger partial charge in [-0.05, 0) is 66.8 Å². The number of hydrogen-bond donors (Lipinski definition) is 2. The summed E-state index contributed by atoms with van der Waals surface area (Å²) < 4.78 is 1.48. The van der Waals surface area contributed by atoms with Gasteiger partial charge in [-0.2, -0.15) is 0 Å². The summed E-state index contributed by atoms with van der Waals surface area (Å²) in [5.74, 6) is -0.544. The molecule has 0 saturated heterocycles. The molecule has 35 heavy (non-hydrogen) atoms. The van der Waals surface area contributed by atoms with Gasteiger partial charge < -0.3 is 14.9 Å². The highest BCUT2D eigenvalue weighted by Crippen LogP contribution is 2.37. The van der Waals surface area contributed by atoms with E-state index in [1.54, 1.807) is 19.3 Å². The predicted molar refractivity (Wildman–Crippen MR) is 136 cm³/mol. The summed E-state index contributed by atoms with van der Waals surface area (Å²) >= 11 is 0. The quantitative estimate of drug-likeness (QED) is 0.272. The van der Waals surface area contributed by atoms with E-state index in [9.17, 15) is 19.9 Å². The topological polar surface area (TPSA) is 91.9 Å². The Kier molecular flexibility index (Phi) is 7.49. The molecule has 1 aromatic heterocycles. The van der Waals surface area contributed by atoms with E-state index in [1.165, 1.54) is 16.2 Å². The van der Waals surface area contributed by atoms with Gasteiger partial charge in [-0.3, -0.25) is 9.59 Å². The molecule has 0 spiro atoms. The molecule has 182 valence electrons. The highest BCUT2D eigenvalue weighted by atomic mass is 16.4. The number of oxime groups is 1. The zero-order valence-electron chi connectivity index (χ0n) is 20.2. The first kappa shape index (κ1) is 24.5. The SMILES string of the molecule is Cc1ccccc1[C@@H](CC(=NO)c1ccc(=O)n(C)c1)c1ccc([C@H]2CC[C@@H](C(=O)O)CC2)cc1. The third-order valence-electron chi connectivity index (χ3n) is 7.39. The maximum atomic E-state index is 11.8. The highest BCUT2D eigenvalue weighted by Gasteiger charge is 2.27. The lowest BCUT2D eigenvalue weighted by Crippen LogP contribution is -2.20. The Labute approximate surface area is 205 Å². The van der Waals surface area contributed by atoms with Gasteiger partial charge in [-0.25, -0.2) is 0 Å². The average molecular weight is 473 g/mol. The van der Waals surface area contributed by atoms with E-state index < -0.39 is 5.97 Å². The molecule has 1 aliphatic rings. The Morgan fingerprint density at radius 3 is 2.31 bits per heavy atom. The Bertz CT molecular complexity index is 1270. The van der Waals surface area contributed by atoms with Crippen LogP contribution in [0.3, 0.4) is 0 Å². The molecule has 6 heteroatoms. The molecule has 2 aromatic carbocycles. The van der Waals surface area contributed by atoms with Gasteiger partial charge in [0.1, 0.15) is 0 Å². The number of carboxylic acids is 1. The third-order valence-corrected chi connectivity index (χ3v) is 7.39.